The molecule has 6 nitrogen and oxygen atoms in total. The molecule has 7 heteroatoms. The lowest BCUT2D eigenvalue weighted by Gasteiger charge is -2.21. The third-order valence-corrected chi connectivity index (χ3v) is 4.74. The summed E-state index contributed by atoms with van der Waals surface area (Å²) < 4.78 is 5.00. The van der Waals surface area contributed by atoms with Crippen molar-refractivity contribution in [2.24, 2.45) is 0 Å². The summed E-state index contributed by atoms with van der Waals surface area (Å²) in [7, 11) is 1.56. The quantitative estimate of drug-likeness (QED) is 0.772. The maximum absolute atomic E-state index is 12.5. The van der Waals surface area contributed by atoms with Crippen molar-refractivity contribution in [3.63, 3.8) is 0 Å². The van der Waals surface area contributed by atoms with E-state index in [4.69, 9.17) is 4.74 Å². The maximum Gasteiger partial charge on any atom is 0.305 e. The van der Waals surface area contributed by atoms with E-state index < -0.39 is 17.9 Å². The van der Waals surface area contributed by atoms with Gasteiger partial charge >= 0.3 is 5.97 Å². The second kappa shape index (κ2) is 8.42. The van der Waals surface area contributed by atoms with Crippen molar-refractivity contribution >= 4 is 23.2 Å². The Kier molecular flexibility index (Phi) is 6.50. The van der Waals surface area contributed by atoms with Gasteiger partial charge in [0, 0.05) is 12.5 Å². The molecule has 0 radical (unpaired) electrons. The molecule has 0 bridgehead atoms. The number of amides is 1. The van der Waals surface area contributed by atoms with Gasteiger partial charge in [-0.25, -0.2) is 4.98 Å². The van der Waals surface area contributed by atoms with Crippen LogP contribution in [0.1, 0.15) is 59.9 Å². The van der Waals surface area contributed by atoms with Crippen LogP contribution in [0.15, 0.2) is 29.6 Å². The number of methoxy groups -OCH3 is 1. The average molecular weight is 376 g/mol. The van der Waals surface area contributed by atoms with Crippen molar-refractivity contribution < 1.29 is 19.4 Å². The maximum atomic E-state index is 12.5. The predicted octanol–water partition coefficient (Wildman–Crippen LogP) is 3.53. The Morgan fingerprint density at radius 2 is 1.92 bits per heavy atom. The number of rotatable bonds is 7. The molecule has 2 aromatic rings. The van der Waals surface area contributed by atoms with E-state index in [0.29, 0.717) is 11.6 Å². The molecule has 0 saturated carbocycles. The number of ether oxygens (including phenoxy) is 1. The fraction of sp³-hybridized carbons (Fsp3) is 0.421. The van der Waals surface area contributed by atoms with Crippen LogP contribution in [-0.4, -0.2) is 29.1 Å². The van der Waals surface area contributed by atoms with E-state index in [1.54, 1.807) is 12.5 Å². The topological polar surface area (TPSA) is 88.5 Å². The number of hydrogen-bond acceptors (Lipinski definition) is 5. The minimum atomic E-state index is -0.978. The first-order chi connectivity index (χ1) is 12.2. The third kappa shape index (κ3) is 5.37. The molecule has 0 aliphatic carbocycles. The van der Waals surface area contributed by atoms with Crippen LogP contribution < -0.4 is 5.32 Å². The molecule has 140 valence electrons. The van der Waals surface area contributed by atoms with Gasteiger partial charge in [0.15, 0.2) is 0 Å². The number of nitrogens with zero attached hydrogens (tertiary/aromatic N) is 1. The van der Waals surface area contributed by atoms with Crippen LogP contribution >= 0.6 is 11.3 Å². The summed E-state index contributed by atoms with van der Waals surface area (Å²) in [5.41, 5.74) is 2.16. The smallest absolute Gasteiger partial charge is 0.305 e. The molecule has 2 rings (SSSR count). The molecule has 0 saturated heterocycles. The minimum absolute atomic E-state index is 0.00240. The van der Waals surface area contributed by atoms with E-state index in [-0.39, 0.29) is 17.5 Å². The number of carbonyl (C=O) groups is 2. The molecule has 1 atom stereocenters. The summed E-state index contributed by atoms with van der Waals surface area (Å²) >= 11 is 1.33. The van der Waals surface area contributed by atoms with Gasteiger partial charge in [-0.3, -0.25) is 9.59 Å². The lowest BCUT2D eigenvalue weighted by molar-refractivity contribution is -0.137. The molecular formula is C19H24N2O4S. The fourth-order valence-electron chi connectivity index (χ4n) is 2.48. The summed E-state index contributed by atoms with van der Waals surface area (Å²) in [6, 6.07) is 7.05. The number of nitrogens with one attached hydrogen (secondary N) is 1. The van der Waals surface area contributed by atoms with Crippen molar-refractivity contribution in [3.05, 3.63) is 51.5 Å². The zero-order chi connectivity index (χ0) is 19.3. The van der Waals surface area contributed by atoms with Gasteiger partial charge in [0.05, 0.1) is 19.1 Å². The van der Waals surface area contributed by atoms with E-state index in [0.717, 1.165) is 11.1 Å². The number of carboxylic acid groups (broad SMARTS) is 1. The Balaban J connectivity index is 2.18. The first kappa shape index (κ1) is 20.1. The molecule has 1 aromatic heterocycles. The number of aliphatic carboxylic acids is 1. The molecular weight excluding hydrogens is 352 g/mol. The summed E-state index contributed by atoms with van der Waals surface area (Å²) in [6.07, 6.45) is -0.199. The van der Waals surface area contributed by atoms with Crippen molar-refractivity contribution in [3.8, 4) is 0 Å². The van der Waals surface area contributed by atoms with Crippen LogP contribution in [0.4, 0.5) is 0 Å². The summed E-state index contributed by atoms with van der Waals surface area (Å²) in [5.74, 6) is -1.37. The number of benzene rings is 1. The molecule has 26 heavy (non-hydrogen) atoms. The second-order valence-corrected chi connectivity index (χ2v) is 8.00. The van der Waals surface area contributed by atoms with Crippen molar-refractivity contribution in [2.75, 3.05) is 7.11 Å². The SMILES string of the molecule is COCc1nc(C(=O)NC(CC(=O)O)c2ccc(C(C)(C)C)cc2)cs1. The first-order valence-corrected chi connectivity index (χ1v) is 9.15. The van der Waals surface area contributed by atoms with Gasteiger partial charge in [-0.05, 0) is 16.5 Å². The number of carboxylic acids is 1. The summed E-state index contributed by atoms with van der Waals surface area (Å²) in [5, 5.41) is 14.3. The summed E-state index contributed by atoms with van der Waals surface area (Å²) in [4.78, 5) is 27.9. The number of carbonyl (C=O) groups excluding carboxylic acids is 1. The van der Waals surface area contributed by atoms with Gasteiger partial charge in [-0.2, -0.15) is 0 Å². The van der Waals surface area contributed by atoms with E-state index >= 15 is 0 Å². The van der Waals surface area contributed by atoms with Gasteiger partial charge in [-0.1, -0.05) is 45.0 Å². The molecule has 0 spiro atoms. The highest BCUT2D eigenvalue weighted by Gasteiger charge is 2.21. The first-order valence-electron chi connectivity index (χ1n) is 8.27. The molecule has 2 N–H and O–H groups in total. The third-order valence-electron chi connectivity index (χ3n) is 3.92. The molecule has 0 aliphatic rings. The highest BCUT2D eigenvalue weighted by molar-refractivity contribution is 7.09. The van der Waals surface area contributed by atoms with Gasteiger partial charge in [0.1, 0.15) is 10.7 Å². The highest BCUT2D eigenvalue weighted by Crippen LogP contribution is 2.25. The van der Waals surface area contributed by atoms with Crippen LogP contribution in [-0.2, 0) is 21.6 Å². The predicted molar refractivity (Wildman–Crippen MR) is 100 cm³/mol. The number of aromatic nitrogens is 1. The van der Waals surface area contributed by atoms with Crippen molar-refractivity contribution in [1.29, 1.82) is 0 Å². The fourth-order valence-corrected chi connectivity index (χ4v) is 3.22. The summed E-state index contributed by atoms with van der Waals surface area (Å²) in [6.45, 7) is 6.67. The minimum Gasteiger partial charge on any atom is -0.481 e. The Morgan fingerprint density at radius 1 is 1.27 bits per heavy atom. The Hall–Kier alpha value is -2.25. The lowest BCUT2D eigenvalue weighted by Crippen LogP contribution is -2.30. The van der Waals surface area contributed by atoms with E-state index in [1.165, 1.54) is 11.3 Å². The zero-order valence-electron chi connectivity index (χ0n) is 15.4. The van der Waals surface area contributed by atoms with E-state index in [9.17, 15) is 14.7 Å². The van der Waals surface area contributed by atoms with Crippen LogP contribution in [0.25, 0.3) is 0 Å². The molecule has 0 fully saturated rings. The normalized spacial score (nSPS) is 12.6. The molecule has 1 amide bonds. The van der Waals surface area contributed by atoms with E-state index in [1.807, 2.05) is 24.3 Å². The Bertz CT molecular complexity index is 763. The van der Waals surface area contributed by atoms with Gasteiger partial charge in [0.2, 0.25) is 0 Å². The Labute approximate surface area is 157 Å². The number of thiazole rings is 1. The van der Waals surface area contributed by atoms with Crippen LogP contribution in [0.3, 0.4) is 0 Å². The average Bonchev–Trinajstić information content (AvgIpc) is 3.02. The molecule has 1 unspecified atom stereocenters. The van der Waals surface area contributed by atoms with Crippen molar-refractivity contribution in [2.45, 2.75) is 45.3 Å². The van der Waals surface area contributed by atoms with Gasteiger partial charge < -0.3 is 15.2 Å². The van der Waals surface area contributed by atoms with Crippen LogP contribution in [0.5, 0.6) is 0 Å². The Morgan fingerprint density at radius 3 is 2.46 bits per heavy atom. The van der Waals surface area contributed by atoms with Crippen LogP contribution in [0, 0.1) is 0 Å². The van der Waals surface area contributed by atoms with Crippen LogP contribution in [0.2, 0.25) is 0 Å². The van der Waals surface area contributed by atoms with Crippen molar-refractivity contribution in [1.82, 2.24) is 10.3 Å². The molecule has 0 aliphatic heterocycles. The lowest BCUT2D eigenvalue weighted by atomic mass is 9.86. The van der Waals surface area contributed by atoms with Gasteiger partial charge in [-0.15, -0.1) is 11.3 Å². The monoisotopic (exact) mass is 376 g/mol. The largest absolute Gasteiger partial charge is 0.481 e. The standard InChI is InChI=1S/C19H24N2O4S/c1-19(2,3)13-7-5-12(6-8-13)14(9-17(22)23)21-18(24)15-11-26-16(20-15)10-25-4/h5-8,11,14H,9-10H2,1-4H3,(H,21,24)(H,22,23). The van der Waals surface area contributed by atoms with Gasteiger partial charge in [0.25, 0.3) is 5.91 Å². The molecule has 1 heterocycles. The number of hydrogen-bond donors (Lipinski definition) is 2. The highest BCUT2D eigenvalue weighted by atomic mass is 32.1. The molecule has 1 aromatic carbocycles. The van der Waals surface area contributed by atoms with E-state index in [2.05, 4.69) is 31.1 Å². The second-order valence-electron chi connectivity index (χ2n) is 7.06. The zero-order valence-corrected chi connectivity index (χ0v) is 16.2.